The molecule has 112 valence electrons. The minimum absolute atomic E-state index is 0.354. The molecule has 2 aliphatic rings. The van der Waals surface area contributed by atoms with Crippen molar-refractivity contribution < 1.29 is 0 Å². The molecule has 2 heterocycles. The molecule has 0 radical (unpaired) electrons. The van der Waals surface area contributed by atoms with E-state index in [0.29, 0.717) is 11.6 Å². The summed E-state index contributed by atoms with van der Waals surface area (Å²) in [7, 11) is 0. The smallest absolute Gasteiger partial charge is 0.0332 e. The maximum Gasteiger partial charge on any atom is 0.0332 e. The lowest BCUT2D eigenvalue weighted by atomic mass is 9.90. The fourth-order valence-corrected chi connectivity index (χ4v) is 4.68. The topological polar surface area (TPSA) is 15.3 Å². The monoisotopic (exact) mass is 292 g/mol. The summed E-state index contributed by atoms with van der Waals surface area (Å²) in [4.78, 5) is 5.76. The van der Waals surface area contributed by atoms with Crippen LogP contribution in [0.15, 0.2) is 6.07 Å². The van der Waals surface area contributed by atoms with Crippen LogP contribution in [0.4, 0.5) is 0 Å². The lowest BCUT2D eigenvalue weighted by Gasteiger charge is -2.46. The van der Waals surface area contributed by atoms with E-state index < -0.39 is 0 Å². The Morgan fingerprint density at radius 2 is 2.15 bits per heavy atom. The third kappa shape index (κ3) is 2.81. The van der Waals surface area contributed by atoms with Crippen LogP contribution in [-0.4, -0.2) is 29.6 Å². The van der Waals surface area contributed by atoms with Gasteiger partial charge in [-0.2, -0.15) is 0 Å². The van der Waals surface area contributed by atoms with E-state index in [4.69, 9.17) is 0 Å². The fraction of sp³-hybridized carbons (Fsp3) is 0.765. The van der Waals surface area contributed by atoms with Gasteiger partial charge in [-0.1, -0.05) is 6.92 Å². The summed E-state index contributed by atoms with van der Waals surface area (Å²) in [5.74, 6) is 0.912. The van der Waals surface area contributed by atoms with E-state index in [1.807, 2.05) is 11.3 Å². The Labute approximate surface area is 127 Å². The van der Waals surface area contributed by atoms with E-state index in [9.17, 15) is 0 Å². The Morgan fingerprint density at radius 3 is 2.70 bits per heavy atom. The van der Waals surface area contributed by atoms with Gasteiger partial charge in [0.2, 0.25) is 0 Å². The molecule has 1 aromatic rings. The number of aryl methyl sites for hydroxylation is 2. The van der Waals surface area contributed by atoms with E-state index in [-0.39, 0.29) is 0 Å². The molecular formula is C17H28N2S. The zero-order chi connectivity index (χ0) is 14.3. The van der Waals surface area contributed by atoms with Crippen molar-refractivity contribution in [2.75, 3.05) is 13.1 Å². The molecule has 3 heteroatoms. The number of nitrogens with one attached hydrogen (secondary N) is 1. The first-order chi connectivity index (χ1) is 9.51. The zero-order valence-electron chi connectivity index (χ0n) is 13.3. The van der Waals surface area contributed by atoms with E-state index in [0.717, 1.165) is 19.0 Å². The minimum atomic E-state index is 0.354. The second-order valence-electron chi connectivity index (χ2n) is 6.99. The molecular weight excluding hydrogens is 264 g/mol. The molecule has 3 rings (SSSR count). The Bertz CT molecular complexity index is 458. The van der Waals surface area contributed by atoms with E-state index in [2.05, 4.69) is 44.0 Å². The van der Waals surface area contributed by atoms with Gasteiger partial charge in [0.1, 0.15) is 0 Å². The van der Waals surface area contributed by atoms with Crippen molar-refractivity contribution >= 4 is 11.3 Å². The van der Waals surface area contributed by atoms with Crippen molar-refractivity contribution in [3.8, 4) is 0 Å². The van der Waals surface area contributed by atoms with Gasteiger partial charge in [0.05, 0.1) is 0 Å². The summed E-state index contributed by atoms with van der Waals surface area (Å²) in [5.41, 5.74) is 1.81. The maximum atomic E-state index is 3.85. The summed E-state index contributed by atoms with van der Waals surface area (Å²) >= 11 is 1.98. The van der Waals surface area contributed by atoms with Crippen molar-refractivity contribution in [2.24, 2.45) is 5.92 Å². The van der Waals surface area contributed by atoms with Gasteiger partial charge in [0.25, 0.3) is 0 Å². The number of rotatable bonds is 4. The van der Waals surface area contributed by atoms with Crippen LogP contribution in [0, 0.1) is 19.8 Å². The van der Waals surface area contributed by atoms with Crippen molar-refractivity contribution in [1.29, 1.82) is 0 Å². The van der Waals surface area contributed by atoms with E-state index in [1.165, 1.54) is 36.2 Å². The van der Waals surface area contributed by atoms with Gasteiger partial charge in [0, 0.05) is 41.0 Å². The van der Waals surface area contributed by atoms with Crippen LogP contribution in [0.25, 0.3) is 0 Å². The molecule has 2 fully saturated rings. The normalized spacial score (nSPS) is 31.7. The molecule has 1 aliphatic carbocycles. The molecule has 0 bridgehead atoms. The molecule has 20 heavy (non-hydrogen) atoms. The highest BCUT2D eigenvalue weighted by molar-refractivity contribution is 7.12. The van der Waals surface area contributed by atoms with Gasteiger partial charge in [-0.3, -0.25) is 4.90 Å². The quantitative estimate of drug-likeness (QED) is 0.910. The van der Waals surface area contributed by atoms with Crippen LogP contribution in [0.5, 0.6) is 0 Å². The highest BCUT2D eigenvalue weighted by Crippen LogP contribution is 2.41. The number of thiophene rings is 1. The molecule has 1 aliphatic heterocycles. The van der Waals surface area contributed by atoms with Crippen LogP contribution < -0.4 is 5.32 Å². The second-order valence-corrected chi connectivity index (χ2v) is 8.33. The van der Waals surface area contributed by atoms with Crippen molar-refractivity contribution in [1.82, 2.24) is 10.2 Å². The summed E-state index contributed by atoms with van der Waals surface area (Å²) in [6.45, 7) is 12.8. The average Bonchev–Trinajstić information content (AvgIpc) is 3.19. The number of nitrogens with zero attached hydrogens (tertiary/aromatic N) is 1. The standard InChI is InChI=1S/C17H28N2S/c1-5-15-9-18-17(4,14-6-7-14)11-19(15)10-16-8-12(2)13(3)20-16/h8,14-15,18H,5-7,9-11H2,1-4H3. The Kier molecular flexibility index (Phi) is 3.95. The molecule has 1 saturated carbocycles. The van der Waals surface area contributed by atoms with Gasteiger partial charge in [-0.25, -0.2) is 0 Å². The van der Waals surface area contributed by atoms with E-state index in [1.54, 1.807) is 4.88 Å². The fourth-order valence-electron chi connectivity index (χ4n) is 3.60. The first-order valence-electron chi connectivity index (χ1n) is 8.07. The summed E-state index contributed by atoms with van der Waals surface area (Å²) in [6, 6.07) is 3.09. The minimum Gasteiger partial charge on any atom is -0.308 e. The highest BCUT2D eigenvalue weighted by Gasteiger charge is 2.45. The van der Waals surface area contributed by atoms with Crippen molar-refractivity contribution in [3.05, 3.63) is 21.4 Å². The predicted octanol–water partition coefficient (Wildman–Crippen LogP) is 3.72. The van der Waals surface area contributed by atoms with Gasteiger partial charge >= 0.3 is 0 Å². The maximum absolute atomic E-state index is 3.85. The first-order valence-corrected chi connectivity index (χ1v) is 8.88. The molecule has 1 aromatic heterocycles. The zero-order valence-corrected chi connectivity index (χ0v) is 14.1. The third-order valence-corrected chi connectivity index (χ3v) is 6.45. The van der Waals surface area contributed by atoms with Gasteiger partial charge in [-0.15, -0.1) is 11.3 Å². The summed E-state index contributed by atoms with van der Waals surface area (Å²) < 4.78 is 0. The highest BCUT2D eigenvalue weighted by atomic mass is 32.1. The molecule has 2 unspecified atom stereocenters. The molecule has 0 spiro atoms. The number of hydrogen-bond acceptors (Lipinski definition) is 3. The molecule has 0 aromatic carbocycles. The third-order valence-electron chi connectivity index (χ3n) is 5.32. The Balaban J connectivity index is 1.73. The first kappa shape index (κ1) is 14.6. The Hall–Kier alpha value is -0.380. The van der Waals surface area contributed by atoms with Gasteiger partial charge in [0.15, 0.2) is 0 Å². The summed E-state index contributed by atoms with van der Waals surface area (Å²) in [6.07, 6.45) is 4.09. The van der Waals surface area contributed by atoms with Gasteiger partial charge in [-0.05, 0) is 57.6 Å². The van der Waals surface area contributed by atoms with Crippen LogP contribution >= 0.6 is 11.3 Å². The average molecular weight is 292 g/mol. The van der Waals surface area contributed by atoms with Crippen LogP contribution in [-0.2, 0) is 6.54 Å². The number of hydrogen-bond donors (Lipinski definition) is 1. The molecule has 0 amide bonds. The molecule has 1 saturated heterocycles. The lowest BCUT2D eigenvalue weighted by Crippen LogP contribution is -2.63. The SMILES string of the molecule is CCC1CNC(C)(C2CC2)CN1Cc1cc(C)c(C)s1. The second kappa shape index (κ2) is 5.43. The number of piperazine rings is 1. The van der Waals surface area contributed by atoms with E-state index >= 15 is 0 Å². The molecule has 2 atom stereocenters. The van der Waals surface area contributed by atoms with Crippen LogP contribution in [0.3, 0.4) is 0 Å². The lowest BCUT2D eigenvalue weighted by molar-refractivity contribution is 0.0674. The van der Waals surface area contributed by atoms with Crippen molar-refractivity contribution in [3.63, 3.8) is 0 Å². The van der Waals surface area contributed by atoms with Crippen LogP contribution in [0.1, 0.15) is 48.4 Å². The molecule has 2 nitrogen and oxygen atoms in total. The largest absolute Gasteiger partial charge is 0.308 e. The molecule has 1 N–H and O–H groups in total. The Morgan fingerprint density at radius 1 is 1.40 bits per heavy atom. The van der Waals surface area contributed by atoms with Crippen molar-refractivity contribution in [2.45, 2.75) is 65.1 Å². The summed E-state index contributed by atoms with van der Waals surface area (Å²) in [5, 5.41) is 3.85. The van der Waals surface area contributed by atoms with Gasteiger partial charge < -0.3 is 5.32 Å². The predicted molar refractivity (Wildman–Crippen MR) is 87.4 cm³/mol. The van der Waals surface area contributed by atoms with Crippen LogP contribution in [0.2, 0.25) is 0 Å².